The molecule has 336 valence electrons. The molecule has 8 nitrogen and oxygen atoms in total. The lowest BCUT2D eigenvalue weighted by molar-refractivity contribution is 0.0695. The second-order valence-corrected chi connectivity index (χ2v) is 18.4. The highest BCUT2D eigenvalue weighted by atomic mass is 35.5. The van der Waals surface area contributed by atoms with Gasteiger partial charge in [0.2, 0.25) is 0 Å². The Morgan fingerprint density at radius 1 is 0.371 bits per heavy atom. The summed E-state index contributed by atoms with van der Waals surface area (Å²) in [4.78, 5) is 53.7. The van der Waals surface area contributed by atoms with Crippen LogP contribution in [0.1, 0.15) is 197 Å². The topological polar surface area (TPSA) is 133 Å². The fourth-order valence-corrected chi connectivity index (χ4v) is 10.2. The second kappa shape index (κ2) is 24.5. The highest BCUT2D eigenvalue weighted by Gasteiger charge is 2.31. The highest BCUT2D eigenvalue weighted by molar-refractivity contribution is 6.55. The first-order valence-corrected chi connectivity index (χ1v) is 24.5. The summed E-state index contributed by atoms with van der Waals surface area (Å²) in [6, 6.07) is 5.38. The van der Waals surface area contributed by atoms with Gasteiger partial charge in [0.1, 0.15) is 0 Å². The molecular weight excluding hydrogens is 866 g/mol. The molecule has 0 aliphatic rings. The van der Waals surface area contributed by atoms with Crippen molar-refractivity contribution in [3.8, 4) is 0 Å². The van der Waals surface area contributed by atoms with Gasteiger partial charge in [0.15, 0.2) is 0 Å². The number of carboxylic acid groups (broad SMARTS) is 2. The Bertz CT molecular complexity index is 2210. The molecule has 5 rings (SSSR count). The van der Waals surface area contributed by atoms with Crippen molar-refractivity contribution in [1.82, 2.24) is 10.6 Å². The monoisotopic (exact) mass is 926 g/mol. The quantitative estimate of drug-likeness (QED) is 0.0224. The summed E-state index contributed by atoms with van der Waals surface area (Å²) >= 11 is 28.1. The Morgan fingerprint density at radius 3 is 0.887 bits per heavy atom. The fourth-order valence-electron chi connectivity index (χ4n) is 8.99. The molecule has 62 heavy (non-hydrogen) atoms. The van der Waals surface area contributed by atoms with E-state index in [2.05, 4.69) is 24.5 Å². The standard InChI is InChI=1S/C50H62Cl4N2O6/c1-3-5-7-9-11-13-15-17-19-21-23-25-55-47(57)31-27-35(51)41-43-37(53)29-33(49(59)60)40-34(50(61)62)30-38(54)44(46(40)43)42-36(52)28-32(39(31)45(41)42)48(58)56-26-24-22-20-18-16-14-12-10-8-6-4-2/h27-30H,3-26H2,1-2H3,(H,55,57)(H,56,58)(H,59,60)(H,61,62). The normalized spacial score (nSPS) is 11.7. The molecular formula is C50H62Cl4N2O6. The summed E-state index contributed by atoms with van der Waals surface area (Å²) in [6.45, 7) is 5.30. The number of benzene rings is 5. The first-order chi connectivity index (χ1) is 29.9. The Balaban J connectivity index is 1.48. The predicted molar refractivity (Wildman–Crippen MR) is 259 cm³/mol. The van der Waals surface area contributed by atoms with Crippen LogP contribution in [0.3, 0.4) is 0 Å². The van der Waals surface area contributed by atoms with Crippen LogP contribution in [0.2, 0.25) is 20.1 Å². The fraction of sp³-hybridized carbons (Fsp3) is 0.520. The molecule has 0 saturated heterocycles. The van der Waals surface area contributed by atoms with Crippen molar-refractivity contribution >= 4 is 113 Å². The first kappa shape index (κ1) is 49.5. The van der Waals surface area contributed by atoms with Crippen molar-refractivity contribution in [2.75, 3.05) is 13.1 Å². The van der Waals surface area contributed by atoms with Gasteiger partial charge in [-0.2, -0.15) is 0 Å². The minimum Gasteiger partial charge on any atom is -0.478 e. The summed E-state index contributed by atoms with van der Waals surface area (Å²) in [5, 5.41) is 28.5. The summed E-state index contributed by atoms with van der Waals surface area (Å²) in [6.07, 6.45) is 25.8. The molecule has 0 atom stereocenters. The lowest BCUT2D eigenvalue weighted by atomic mass is 9.84. The van der Waals surface area contributed by atoms with Crippen molar-refractivity contribution in [2.24, 2.45) is 0 Å². The van der Waals surface area contributed by atoms with Crippen LogP contribution in [0.4, 0.5) is 0 Å². The number of carboxylic acids is 2. The molecule has 0 aromatic heterocycles. The number of nitrogens with one attached hydrogen (secondary N) is 2. The van der Waals surface area contributed by atoms with Crippen LogP contribution in [0.25, 0.3) is 43.1 Å². The minimum absolute atomic E-state index is 0.0280. The molecule has 2 amide bonds. The molecule has 12 heteroatoms. The van der Waals surface area contributed by atoms with E-state index in [-0.39, 0.29) is 69.3 Å². The van der Waals surface area contributed by atoms with Crippen molar-refractivity contribution < 1.29 is 29.4 Å². The van der Waals surface area contributed by atoms with Gasteiger partial charge in [-0.25, -0.2) is 9.59 Å². The number of hydrogen-bond acceptors (Lipinski definition) is 4. The maximum atomic E-state index is 14.2. The Morgan fingerprint density at radius 2 is 0.613 bits per heavy atom. The molecule has 4 N–H and O–H groups in total. The van der Waals surface area contributed by atoms with E-state index in [9.17, 15) is 29.4 Å². The van der Waals surface area contributed by atoms with Gasteiger partial charge >= 0.3 is 11.9 Å². The number of carbonyl (C=O) groups excluding carboxylic acids is 2. The average molecular weight is 929 g/mol. The van der Waals surface area contributed by atoms with Crippen molar-refractivity contribution in [1.29, 1.82) is 0 Å². The highest BCUT2D eigenvalue weighted by Crippen LogP contribution is 2.52. The van der Waals surface area contributed by atoms with E-state index in [0.717, 1.165) is 51.4 Å². The number of unbranched alkanes of at least 4 members (excludes halogenated alkanes) is 20. The summed E-state index contributed by atoms with van der Waals surface area (Å²) in [5.74, 6) is -3.63. The van der Waals surface area contributed by atoms with Crippen LogP contribution in [-0.2, 0) is 0 Å². The number of aromatic carboxylic acids is 2. The zero-order chi connectivity index (χ0) is 44.8. The number of amides is 2. The lowest BCUT2D eigenvalue weighted by Crippen LogP contribution is -2.27. The van der Waals surface area contributed by atoms with Gasteiger partial charge in [0.25, 0.3) is 11.8 Å². The minimum atomic E-state index is -1.39. The van der Waals surface area contributed by atoms with E-state index >= 15 is 0 Å². The molecule has 0 unspecified atom stereocenters. The Kier molecular flexibility index (Phi) is 19.5. The molecule has 5 aromatic carbocycles. The van der Waals surface area contributed by atoms with E-state index in [4.69, 9.17) is 46.4 Å². The Hall–Kier alpha value is -3.56. The second-order valence-electron chi connectivity index (χ2n) is 16.8. The predicted octanol–water partition coefficient (Wildman–Crippen LogP) is 15.8. The maximum Gasteiger partial charge on any atom is 0.336 e. The van der Waals surface area contributed by atoms with Crippen LogP contribution >= 0.6 is 46.4 Å². The van der Waals surface area contributed by atoms with E-state index in [1.54, 1.807) is 0 Å². The summed E-state index contributed by atoms with van der Waals surface area (Å²) in [5.41, 5.74) is -0.364. The summed E-state index contributed by atoms with van der Waals surface area (Å²) < 4.78 is 0. The molecule has 0 saturated carbocycles. The van der Waals surface area contributed by atoms with Gasteiger partial charge in [-0.3, -0.25) is 9.59 Å². The number of rotatable bonds is 28. The Labute approximate surface area is 386 Å². The molecule has 0 spiro atoms. The molecule has 0 bridgehead atoms. The van der Waals surface area contributed by atoms with Crippen LogP contribution in [-0.4, -0.2) is 47.1 Å². The van der Waals surface area contributed by atoms with Gasteiger partial charge in [-0.1, -0.05) is 189 Å². The van der Waals surface area contributed by atoms with E-state index < -0.39 is 23.8 Å². The molecule has 0 aliphatic carbocycles. The first-order valence-electron chi connectivity index (χ1n) is 23.0. The van der Waals surface area contributed by atoms with Crippen molar-refractivity contribution in [3.63, 3.8) is 0 Å². The number of fused-ring (bicyclic) bond motifs is 2. The van der Waals surface area contributed by atoms with E-state index in [1.807, 2.05) is 0 Å². The van der Waals surface area contributed by atoms with Gasteiger partial charge in [-0.05, 0) is 37.1 Å². The van der Waals surface area contributed by atoms with Crippen molar-refractivity contribution in [3.05, 3.63) is 66.6 Å². The maximum absolute atomic E-state index is 14.2. The largest absolute Gasteiger partial charge is 0.478 e. The van der Waals surface area contributed by atoms with Gasteiger partial charge < -0.3 is 20.8 Å². The van der Waals surface area contributed by atoms with E-state index in [1.165, 1.54) is 114 Å². The van der Waals surface area contributed by atoms with Gasteiger partial charge in [0.05, 0.1) is 11.1 Å². The molecule has 5 aromatic rings. The average Bonchev–Trinajstić information content (AvgIpc) is 3.24. The summed E-state index contributed by atoms with van der Waals surface area (Å²) in [7, 11) is 0. The molecule has 0 fully saturated rings. The number of hydrogen-bond donors (Lipinski definition) is 4. The van der Waals surface area contributed by atoms with Crippen LogP contribution in [0, 0.1) is 0 Å². The smallest absolute Gasteiger partial charge is 0.336 e. The third-order valence-electron chi connectivity index (χ3n) is 12.2. The molecule has 0 heterocycles. The SMILES string of the molecule is CCCCCCCCCCCCCNC(=O)c1cc(Cl)c2c3c(Cl)cc(C(=O)O)c4c(C(=O)O)cc(Cl)c(c5c(Cl)cc(C(=O)NCCCCCCCCCCCCC)c1c25)c43. The third-order valence-corrected chi connectivity index (χ3v) is 13.4. The van der Waals surface area contributed by atoms with Crippen LogP contribution in [0.5, 0.6) is 0 Å². The number of halogens is 4. The molecule has 0 aliphatic heterocycles. The third kappa shape index (κ3) is 12.0. The number of carbonyl (C=O) groups is 4. The molecule has 0 radical (unpaired) electrons. The van der Waals surface area contributed by atoms with Gasteiger partial charge in [0, 0.05) is 87.4 Å². The van der Waals surface area contributed by atoms with Crippen molar-refractivity contribution in [2.45, 2.75) is 155 Å². The lowest BCUT2D eigenvalue weighted by Gasteiger charge is -2.23. The zero-order valence-electron chi connectivity index (χ0n) is 36.3. The van der Waals surface area contributed by atoms with E-state index in [0.29, 0.717) is 29.2 Å². The van der Waals surface area contributed by atoms with Gasteiger partial charge in [-0.15, -0.1) is 0 Å². The van der Waals surface area contributed by atoms with Crippen LogP contribution in [0.15, 0.2) is 24.3 Å². The zero-order valence-corrected chi connectivity index (χ0v) is 39.3. The van der Waals surface area contributed by atoms with Crippen LogP contribution < -0.4 is 10.6 Å².